The van der Waals surface area contributed by atoms with Crippen LogP contribution < -0.4 is 14.9 Å². The lowest BCUT2D eigenvalue weighted by Crippen LogP contribution is -2.18. The number of benzene rings is 1. The molecule has 1 N–H and O–H groups in total. The van der Waals surface area contributed by atoms with Gasteiger partial charge in [0.1, 0.15) is 0 Å². The molecule has 0 aromatic heterocycles. The molecule has 0 aliphatic heterocycles. The van der Waals surface area contributed by atoms with Gasteiger partial charge < -0.3 is 9.47 Å². The number of methoxy groups -OCH3 is 2. The molecule has 5 nitrogen and oxygen atoms in total. The van der Waals surface area contributed by atoms with Gasteiger partial charge in [-0.25, -0.2) is 5.43 Å². The lowest BCUT2D eigenvalue weighted by Gasteiger charge is -2.09. The standard InChI is InChI=1S/C21H34N2O3/c1-5-6-7-8-9-10-11-12-13-21(24)23-22-17(2)18-14-15-19(25-3)20(16-18)26-4/h14-16H,5-13H2,1-4H3,(H,23,24)/b22-17+. The Bertz CT molecular complexity index is 570. The zero-order chi connectivity index (χ0) is 19.2. The molecule has 1 aromatic rings. The molecule has 1 amide bonds. The number of nitrogens with zero attached hydrogens (tertiary/aromatic N) is 1. The van der Waals surface area contributed by atoms with E-state index >= 15 is 0 Å². The smallest absolute Gasteiger partial charge is 0.240 e. The van der Waals surface area contributed by atoms with Crippen LogP contribution in [0.4, 0.5) is 0 Å². The Morgan fingerprint density at radius 2 is 1.58 bits per heavy atom. The Morgan fingerprint density at radius 3 is 2.19 bits per heavy atom. The molecule has 0 fully saturated rings. The summed E-state index contributed by atoms with van der Waals surface area (Å²) in [6.45, 7) is 4.09. The molecule has 0 aliphatic carbocycles. The quantitative estimate of drug-likeness (QED) is 0.302. The third-order valence-electron chi connectivity index (χ3n) is 4.41. The van der Waals surface area contributed by atoms with Crippen LogP contribution in [-0.4, -0.2) is 25.8 Å². The maximum Gasteiger partial charge on any atom is 0.240 e. The maximum absolute atomic E-state index is 11.9. The van der Waals surface area contributed by atoms with Crippen LogP contribution in [0.1, 0.15) is 77.2 Å². The van der Waals surface area contributed by atoms with Gasteiger partial charge in [0.05, 0.1) is 19.9 Å². The number of rotatable bonds is 13. The second-order valence-electron chi connectivity index (χ2n) is 6.53. The van der Waals surface area contributed by atoms with E-state index in [1.165, 1.54) is 38.5 Å². The Morgan fingerprint density at radius 1 is 0.962 bits per heavy atom. The minimum atomic E-state index is -0.0317. The largest absolute Gasteiger partial charge is 0.493 e. The van der Waals surface area contributed by atoms with Gasteiger partial charge in [-0.2, -0.15) is 5.10 Å². The zero-order valence-electron chi connectivity index (χ0n) is 16.8. The summed E-state index contributed by atoms with van der Waals surface area (Å²) in [5.74, 6) is 1.28. The predicted octanol–water partition coefficient (Wildman–Crippen LogP) is 5.07. The van der Waals surface area contributed by atoms with Crippen molar-refractivity contribution >= 4 is 11.6 Å². The van der Waals surface area contributed by atoms with Crippen LogP contribution in [-0.2, 0) is 4.79 Å². The maximum atomic E-state index is 11.9. The van der Waals surface area contributed by atoms with E-state index in [0.29, 0.717) is 17.9 Å². The Hall–Kier alpha value is -2.04. The number of carbonyl (C=O) groups excluding carboxylic acids is 1. The highest BCUT2D eigenvalue weighted by molar-refractivity contribution is 5.99. The zero-order valence-corrected chi connectivity index (χ0v) is 16.8. The van der Waals surface area contributed by atoms with Gasteiger partial charge in [0.2, 0.25) is 5.91 Å². The summed E-state index contributed by atoms with van der Waals surface area (Å²) < 4.78 is 10.5. The fourth-order valence-corrected chi connectivity index (χ4v) is 2.75. The molecule has 0 bridgehead atoms. The van der Waals surface area contributed by atoms with Gasteiger partial charge in [0, 0.05) is 12.0 Å². The van der Waals surface area contributed by atoms with Gasteiger partial charge in [-0.1, -0.05) is 51.9 Å². The number of hydrogen-bond acceptors (Lipinski definition) is 4. The highest BCUT2D eigenvalue weighted by Gasteiger charge is 2.07. The van der Waals surface area contributed by atoms with E-state index in [9.17, 15) is 4.79 Å². The Labute approximate surface area is 158 Å². The molecule has 0 radical (unpaired) electrons. The molecule has 0 saturated carbocycles. The van der Waals surface area contributed by atoms with Crippen LogP contribution in [0.5, 0.6) is 11.5 Å². The third kappa shape index (κ3) is 8.37. The van der Waals surface area contributed by atoms with E-state index in [1.54, 1.807) is 14.2 Å². The molecule has 0 unspecified atom stereocenters. The van der Waals surface area contributed by atoms with Crippen molar-refractivity contribution in [3.8, 4) is 11.5 Å². The Kier molecular flexibility index (Phi) is 11.2. The van der Waals surface area contributed by atoms with Crippen molar-refractivity contribution in [2.24, 2.45) is 5.10 Å². The first-order valence-electron chi connectivity index (χ1n) is 9.67. The van der Waals surface area contributed by atoms with Crippen molar-refractivity contribution in [2.75, 3.05) is 14.2 Å². The first-order valence-corrected chi connectivity index (χ1v) is 9.67. The van der Waals surface area contributed by atoms with Gasteiger partial charge in [-0.15, -0.1) is 0 Å². The number of nitrogens with one attached hydrogen (secondary N) is 1. The van der Waals surface area contributed by atoms with Gasteiger partial charge in [0.15, 0.2) is 11.5 Å². The van der Waals surface area contributed by atoms with Crippen molar-refractivity contribution in [3.63, 3.8) is 0 Å². The molecule has 0 saturated heterocycles. The monoisotopic (exact) mass is 362 g/mol. The van der Waals surface area contributed by atoms with E-state index in [0.717, 1.165) is 24.1 Å². The van der Waals surface area contributed by atoms with E-state index in [2.05, 4.69) is 17.5 Å². The summed E-state index contributed by atoms with van der Waals surface area (Å²) >= 11 is 0. The average Bonchev–Trinajstić information content (AvgIpc) is 2.67. The SMILES string of the molecule is CCCCCCCCCCC(=O)N/N=C(\C)c1ccc(OC)c(OC)c1. The number of hydrazone groups is 1. The van der Waals surface area contributed by atoms with Crippen LogP contribution in [0.3, 0.4) is 0 Å². The number of carbonyl (C=O) groups is 1. The number of amides is 1. The summed E-state index contributed by atoms with van der Waals surface area (Å²) in [5.41, 5.74) is 4.26. The van der Waals surface area contributed by atoms with Crippen molar-refractivity contribution in [2.45, 2.75) is 71.6 Å². The molecule has 0 atom stereocenters. The minimum Gasteiger partial charge on any atom is -0.493 e. The lowest BCUT2D eigenvalue weighted by atomic mass is 10.1. The van der Waals surface area contributed by atoms with Crippen molar-refractivity contribution < 1.29 is 14.3 Å². The summed E-state index contributed by atoms with van der Waals surface area (Å²) in [5, 5.41) is 4.19. The molecule has 146 valence electrons. The fraction of sp³-hybridized carbons (Fsp3) is 0.619. The van der Waals surface area contributed by atoms with E-state index < -0.39 is 0 Å². The topological polar surface area (TPSA) is 59.9 Å². The van der Waals surface area contributed by atoms with Crippen molar-refractivity contribution in [1.29, 1.82) is 0 Å². The van der Waals surface area contributed by atoms with Crippen LogP contribution in [0.25, 0.3) is 0 Å². The van der Waals surface area contributed by atoms with Gasteiger partial charge in [0.25, 0.3) is 0 Å². The first-order chi connectivity index (χ1) is 12.6. The summed E-state index contributed by atoms with van der Waals surface area (Å²) in [7, 11) is 3.20. The minimum absolute atomic E-state index is 0.0317. The van der Waals surface area contributed by atoms with Crippen LogP contribution in [0, 0.1) is 0 Å². The fourth-order valence-electron chi connectivity index (χ4n) is 2.75. The molecule has 0 aliphatic rings. The predicted molar refractivity (Wildman–Crippen MR) is 107 cm³/mol. The van der Waals surface area contributed by atoms with Crippen LogP contribution in [0.2, 0.25) is 0 Å². The highest BCUT2D eigenvalue weighted by Crippen LogP contribution is 2.27. The molecule has 26 heavy (non-hydrogen) atoms. The van der Waals surface area contributed by atoms with Crippen molar-refractivity contribution in [3.05, 3.63) is 23.8 Å². The van der Waals surface area contributed by atoms with Gasteiger partial charge >= 0.3 is 0 Å². The van der Waals surface area contributed by atoms with Crippen LogP contribution in [0.15, 0.2) is 23.3 Å². The number of hydrogen-bond donors (Lipinski definition) is 1. The molecule has 1 aromatic carbocycles. The second kappa shape index (κ2) is 13.2. The van der Waals surface area contributed by atoms with E-state index in [4.69, 9.17) is 9.47 Å². The Balaban J connectivity index is 2.32. The number of unbranched alkanes of at least 4 members (excludes halogenated alkanes) is 7. The van der Waals surface area contributed by atoms with Crippen LogP contribution >= 0.6 is 0 Å². The molecule has 5 heteroatoms. The average molecular weight is 363 g/mol. The van der Waals surface area contributed by atoms with E-state index in [1.807, 2.05) is 25.1 Å². The summed E-state index contributed by atoms with van der Waals surface area (Å²) in [6.07, 6.45) is 10.3. The number of ether oxygens (including phenoxy) is 2. The highest BCUT2D eigenvalue weighted by atomic mass is 16.5. The molecule has 1 rings (SSSR count). The van der Waals surface area contributed by atoms with Gasteiger partial charge in [-0.05, 0) is 31.5 Å². The molecule has 0 spiro atoms. The molecular formula is C21H34N2O3. The normalized spacial score (nSPS) is 11.3. The second-order valence-corrected chi connectivity index (χ2v) is 6.53. The van der Waals surface area contributed by atoms with Gasteiger partial charge in [-0.3, -0.25) is 4.79 Å². The molecule has 0 heterocycles. The molecular weight excluding hydrogens is 328 g/mol. The third-order valence-corrected chi connectivity index (χ3v) is 4.41. The van der Waals surface area contributed by atoms with Crippen molar-refractivity contribution in [1.82, 2.24) is 5.43 Å². The first kappa shape index (κ1) is 22.0. The summed E-state index contributed by atoms with van der Waals surface area (Å²) in [6, 6.07) is 5.57. The van der Waals surface area contributed by atoms with E-state index in [-0.39, 0.29) is 5.91 Å². The lowest BCUT2D eigenvalue weighted by molar-refractivity contribution is -0.121. The summed E-state index contributed by atoms with van der Waals surface area (Å²) in [4.78, 5) is 11.9.